The lowest BCUT2D eigenvalue weighted by Gasteiger charge is -2.08. The van der Waals surface area contributed by atoms with Crippen LogP contribution in [-0.4, -0.2) is 16.9 Å². The normalized spacial score (nSPS) is 14.1. The molecule has 1 amide bonds. The molecule has 0 bridgehead atoms. The SMILES string of the molecule is CC(=O)Oc1c(Br)cc(/C=C2\C(=O)Nc3ccc(-c4csc(C)n4)cc32)cc1Br. The van der Waals surface area contributed by atoms with Gasteiger partial charge in [-0.05, 0) is 74.7 Å². The summed E-state index contributed by atoms with van der Waals surface area (Å²) >= 11 is 8.44. The largest absolute Gasteiger partial charge is 0.424 e. The highest BCUT2D eigenvalue weighted by molar-refractivity contribution is 9.11. The van der Waals surface area contributed by atoms with Crippen molar-refractivity contribution in [3.05, 3.63) is 60.8 Å². The molecule has 3 aromatic rings. The fraction of sp³-hybridized carbons (Fsp3) is 0.0952. The molecule has 0 spiro atoms. The van der Waals surface area contributed by atoms with Gasteiger partial charge < -0.3 is 10.1 Å². The Balaban J connectivity index is 1.76. The maximum absolute atomic E-state index is 12.6. The molecule has 146 valence electrons. The van der Waals surface area contributed by atoms with Gasteiger partial charge in [0.2, 0.25) is 0 Å². The molecule has 0 radical (unpaired) electrons. The molecule has 4 rings (SSSR count). The van der Waals surface area contributed by atoms with Gasteiger partial charge in [-0.2, -0.15) is 0 Å². The zero-order valence-electron chi connectivity index (χ0n) is 15.4. The number of halogens is 2. The Kier molecular flexibility index (Phi) is 5.42. The van der Waals surface area contributed by atoms with E-state index in [-0.39, 0.29) is 5.91 Å². The number of hydrogen-bond donors (Lipinski definition) is 1. The number of ether oxygens (including phenoxy) is 1. The van der Waals surface area contributed by atoms with Gasteiger partial charge in [-0.3, -0.25) is 9.59 Å². The summed E-state index contributed by atoms with van der Waals surface area (Å²) in [6.45, 7) is 3.31. The van der Waals surface area contributed by atoms with Crippen molar-refractivity contribution in [2.45, 2.75) is 13.8 Å². The van der Waals surface area contributed by atoms with Gasteiger partial charge in [-0.25, -0.2) is 4.98 Å². The minimum atomic E-state index is -0.411. The molecule has 1 N–H and O–H groups in total. The van der Waals surface area contributed by atoms with Crippen molar-refractivity contribution in [1.29, 1.82) is 0 Å². The number of rotatable bonds is 3. The van der Waals surface area contributed by atoms with Crippen LogP contribution in [0.15, 0.2) is 44.7 Å². The van der Waals surface area contributed by atoms with Crippen molar-refractivity contribution in [3.63, 3.8) is 0 Å². The number of amides is 1. The van der Waals surface area contributed by atoms with Crippen LogP contribution in [0.25, 0.3) is 22.9 Å². The number of carbonyl (C=O) groups is 2. The van der Waals surface area contributed by atoms with E-state index >= 15 is 0 Å². The topological polar surface area (TPSA) is 68.3 Å². The van der Waals surface area contributed by atoms with Crippen LogP contribution in [0.3, 0.4) is 0 Å². The predicted molar refractivity (Wildman–Crippen MR) is 122 cm³/mol. The standard InChI is InChI=1S/C21H14Br2N2O3S/c1-10-24-19(9-29-10)13-3-4-18-14(8-13)15(21(27)25-18)5-12-6-16(22)20(17(23)7-12)28-11(2)26/h3-9H,1-2H3,(H,25,27)/b15-5-. The van der Waals surface area contributed by atoms with Crippen LogP contribution in [0.4, 0.5) is 5.69 Å². The summed E-state index contributed by atoms with van der Waals surface area (Å²) in [7, 11) is 0. The second kappa shape index (κ2) is 7.85. The second-order valence-corrected chi connectivity index (χ2v) is 9.20. The van der Waals surface area contributed by atoms with Crippen molar-refractivity contribution >= 4 is 72.4 Å². The lowest BCUT2D eigenvalue weighted by molar-refractivity contribution is -0.132. The molecule has 1 aliphatic rings. The number of fused-ring (bicyclic) bond motifs is 1. The van der Waals surface area contributed by atoms with Gasteiger partial charge in [-0.1, -0.05) is 6.07 Å². The first kappa shape index (κ1) is 20.0. The number of aromatic nitrogens is 1. The average Bonchev–Trinajstić information content (AvgIpc) is 3.21. The quantitative estimate of drug-likeness (QED) is 0.252. The molecule has 8 heteroatoms. The molecule has 0 fully saturated rings. The number of esters is 1. The molecule has 2 aromatic carbocycles. The number of nitrogens with one attached hydrogen (secondary N) is 1. The Labute approximate surface area is 188 Å². The van der Waals surface area contributed by atoms with Gasteiger partial charge >= 0.3 is 5.97 Å². The highest BCUT2D eigenvalue weighted by Gasteiger charge is 2.25. The molecule has 0 saturated heterocycles. The summed E-state index contributed by atoms with van der Waals surface area (Å²) < 4.78 is 6.43. The molecule has 1 aromatic heterocycles. The third kappa shape index (κ3) is 4.05. The van der Waals surface area contributed by atoms with Crippen molar-refractivity contribution < 1.29 is 14.3 Å². The van der Waals surface area contributed by atoms with Crippen molar-refractivity contribution in [2.24, 2.45) is 0 Å². The number of nitrogens with zero attached hydrogens (tertiary/aromatic N) is 1. The minimum Gasteiger partial charge on any atom is -0.424 e. The van der Waals surface area contributed by atoms with E-state index in [1.807, 2.05) is 36.6 Å². The molecule has 0 atom stereocenters. The first-order valence-electron chi connectivity index (χ1n) is 8.59. The molecule has 0 unspecified atom stereocenters. The van der Waals surface area contributed by atoms with E-state index in [0.29, 0.717) is 20.3 Å². The van der Waals surface area contributed by atoms with E-state index in [0.717, 1.165) is 33.1 Å². The Hall–Kier alpha value is -2.29. The van der Waals surface area contributed by atoms with E-state index in [1.54, 1.807) is 23.5 Å². The van der Waals surface area contributed by atoms with Crippen LogP contribution >= 0.6 is 43.2 Å². The maximum atomic E-state index is 12.6. The van der Waals surface area contributed by atoms with E-state index in [4.69, 9.17) is 4.74 Å². The lowest BCUT2D eigenvalue weighted by atomic mass is 10.0. The van der Waals surface area contributed by atoms with E-state index in [1.165, 1.54) is 6.92 Å². The van der Waals surface area contributed by atoms with Gasteiger partial charge in [0, 0.05) is 34.7 Å². The van der Waals surface area contributed by atoms with Crippen LogP contribution in [0, 0.1) is 6.92 Å². The highest BCUT2D eigenvalue weighted by Crippen LogP contribution is 2.39. The molecule has 1 aliphatic heterocycles. The summed E-state index contributed by atoms with van der Waals surface area (Å²) in [6, 6.07) is 9.43. The molecule has 29 heavy (non-hydrogen) atoms. The van der Waals surface area contributed by atoms with E-state index in [2.05, 4.69) is 42.2 Å². The summed E-state index contributed by atoms with van der Waals surface area (Å²) in [5.41, 5.74) is 4.80. The minimum absolute atomic E-state index is 0.164. The van der Waals surface area contributed by atoms with Crippen molar-refractivity contribution in [3.8, 4) is 17.0 Å². The molecule has 0 aliphatic carbocycles. The predicted octanol–water partition coefficient (Wildman–Crippen LogP) is 6.06. The van der Waals surface area contributed by atoms with Gasteiger partial charge in [0.15, 0.2) is 5.75 Å². The van der Waals surface area contributed by atoms with E-state index < -0.39 is 5.97 Å². The molecule has 0 saturated carbocycles. The van der Waals surface area contributed by atoms with Crippen LogP contribution in [0.1, 0.15) is 23.1 Å². The number of carbonyl (C=O) groups excluding carboxylic acids is 2. The van der Waals surface area contributed by atoms with Crippen LogP contribution < -0.4 is 10.1 Å². The first-order valence-corrected chi connectivity index (χ1v) is 11.1. The third-order valence-electron chi connectivity index (χ3n) is 4.29. The number of thiazole rings is 1. The third-order valence-corrected chi connectivity index (χ3v) is 6.25. The Morgan fingerprint density at radius 1 is 1.21 bits per heavy atom. The Morgan fingerprint density at radius 3 is 2.55 bits per heavy atom. The Morgan fingerprint density at radius 2 is 1.93 bits per heavy atom. The molecule has 2 heterocycles. The summed E-state index contributed by atoms with van der Waals surface area (Å²) in [5.74, 6) is -0.175. The summed E-state index contributed by atoms with van der Waals surface area (Å²) in [5, 5.41) is 5.90. The zero-order valence-corrected chi connectivity index (χ0v) is 19.4. The number of anilines is 1. The lowest BCUT2D eigenvalue weighted by Crippen LogP contribution is -2.04. The fourth-order valence-corrected chi connectivity index (χ4v) is 5.06. The highest BCUT2D eigenvalue weighted by atomic mass is 79.9. The number of hydrogen-bond acceptors (Lipinski definition) is 5. The van der Waals surface area contributed by atoms with Gasteiger partial charge in [0.05, 0.1) is 19.6 Å². The average molecular weight is 534 g/mol. The number of benzene rings is 2. The van der Waals surface area contributed by atoms with Crippen molar-refractivity contribution in [2.75, 3.05) is 5.32 Å². The summed E-state index contributed by atoms with van der Waals surface area (Å²) in [4.78, 5) is 28.4. The second-order valence-electron chi connectivity index (χ2n) is 6.43. The summed E-state index contributed by atoms with van der Waals surface area (Å²) in [6.07, 6.45) is 1.81. The molecular formula is C21H14Br2N2O3S. The fourth-order valence-electron chi connectivity index (χ4n) is 3.06. The van der Waals surface area contributed by atoms with Crippen LogP contribution in [0.5, 0.6) is 5.75 Å². The first-order chi connectivity index (χ1) is 13.8. The maximum Gasteiger partial charge on any atom is 0.308 e. The zero-order chi connectivity index (χ0) is 20.7. The van der Waals surface area contributed by atoms with Crippen LogP contribution in [0.2, 0.25) is 0 Å². The number of aryl methyl sites for hydroxylation is 1. The van der Waals surface area contributed by atoms with Crippen LogP contribution in [-0.2, 0) is 9.59 Å². The van der Waals surface area contributed by atoms with Crippen molar-refractivity contribution in [1.82, 2.24) is 4.98 Å². The van der Waals surface area contributed by atoms with E-state index in [9.17, 15) is 9.59 Å². The Bertz CT molecular complexity index is 1180. The smallest absolute Gasteiger partial charge is 0.308 e. The van der Waals surface area contributed by atoms with Gasteiger partial charge in [0.25, 0.3) is 5.91 Å². The molecular weight excluding hydrogens is 520 g/mol. The van der Waals surface area contributed by atoms with Gasteiger partial charge in [-0.15, -0.1) is 11.3 Å². The van der Waals surface area contributed by atoms with Gasteiger partial charge in [0.1, 0.15) is 0 Å². The molecule has 5 nitrogen and oxygen atoms in total. The monoisotopic (exact) mass is 532 g/mol.